The molecular formula is C19H20N6O. The second-order valence-corrected chi connectivity index (χ2v) is 6.38. The number of hydrogen-bond acceptors (Lipinski definition) is 5. The second-order valence-electron chi connectivity index (χ2n) is 6.38. The van der Waals surface area contributed by atoms with Gasteiger partial charge in [-0.15, -0.1) is 0 Å². The molecule has 1 aromatic carbocycles. The van der Waals surface area contributed by atoms with Gasteiger partial charge in [-0.25, -0.2) is 9.97 Å². The smallest absolute Gasteiger partial charge is 0.251 e. The van der Waals surface area contributed by atoms with Crippen LogP contribution in [0.5, 0.6) is 0 Å². The Kier molecular flexibility index (Phi) is 4.59. The molecule has 1 aliphatic carbocycles. The van der Waals surface area contributed by atoms with E-state index in [1.54, 1.807) is 24.8 Å². The molecule has 0 saturated heterocycles. The Bertz CT molecular complexity index is 865. The number of nitrogens with zero attached hydrogens (tertiary/aromatic N) is 4. The highest BCUT2D eigenvalue weighted by atomic mass is 16.1. The van der Waals surface area contributed by atoms with E-state index >= 15 is 0 Å². The van der Waals surface area contributed by atoms with Crippen LogP contribution in [0.2, 0.25) is 0 Å². The molecule has 2 atom stereocenters. The van der Waals surface area contributed by atoms with E-state index in [0.29, 0.717) is 11.4 Å². The van der Waals surface area contributed by atoms with Crippen LogP contribution in [0.25, 0.3) is 0 Å². The average Bonchev–Trinajstić information content (AvgIpc) is 3.34. The van der Waals surface area contributed by atoms with Gasteiger partial charge in [0.15, 0.2) is 0 Å². The summed E-state index contributed by atoms with van der Waals surface area (Å²) in [5, 5.41) is 6.34. The van der Waals surface area contributed by atoms with Gasteiger partial charge >= 0.3 is 0 Å². The molecule has 1 fully saturated rings. The van der Waals surface area contributed by atoms with E-state index in [-0.39, 0.29) is 18.0 Å². The lowest BCUT2D eigenvalue weighted by molar-refractivity contribution is 0.0929. The number of amides is 1. The van der Waals surface area contributed by atoms with Crippen molar-refractivity contribution in [3.63, 3.8) is 0 Å². The van der Waals surface area contributed by atoms with Crippen LogP contribution in [0.15, 0.2) is 61.6 Å². The molecule has 3 aromatic rings. The minimum atomic E-state index is -0.0650. The lowest BCUT2D eigenvalue weighted by atomic mass is 10.1. The molecule has 2 N–H and O–H groups in total. The summed E-state index contributed by atoms with van der Waals surface area (Å²) in [7, 11) is 0. The largest absolute Gasteiger partial charge is 0.347 e. The van der Waals surface area contributed by atoms with Crippen molar-refractivity contribution in [2.75, 3.05) is 5.32 Å². The average molecular weight is 348 g/mol. The van der Waals surface area contributed by atoms with Gasteiger partial charge in [-0.05, 0) is 37.5 Å². The first-order valence-electron chi connectivity index (χ1n) is 8.71. The highest BCUT2D eigenvalue weighted by Crippen LogP contribution is 2.30. The number of imidazole rings is 1. The molecule has 132 valence electrons. The number of hydrogen-bond donors (Lipinski definition) is 2. The molecule has 1 amide bonds. The van der Waals surface area contributed by atoms with Crippen LogP contribution in [-0.2, 0) is 0 Å². The van der Waals surface area contributed by atoms with Gasteiger partial charge < -0.3 is 15.2 Å². The number of anilines is 2. The Balaban J connectivity index is 1.45. The molecule has 1 saturated carbocycles. The van der Waals surface area contributed by atoms with Crippen molar-refractivity contribution in [2.24, 2.45) is 0 Å². The highest BCUT2D eigenvalue weighted by Gasteiger charge is 2.29. The predicted octanol–water partition coefficient (Wildman–Crippen LogP) is 2.94. The van der Waals surface area contributed by atoms with Crippen molar-refractivity contribution in [3.8, 4) is 0 Å². The minimum Gasteiger partial charge on any atom is -0.347 e. The fourth-order valence-electron chi connectivity index (χ4n) is 3.43. The maximum atomic E-state index is 12.7. The lowest BCUT2D eigenvalue weighted by Crippen LogP contribution is -2.38. The summed E-state index contributed by atoms with van der Waals surface area (Å²) in [6, 6.07) is 7.78. The number of aromatic nitrogens is 4. The van der Waals surface area contributed by atoms with Crippen LogP contribution in [-0.4, -0.2) is 31.5 Å². The number of carbonyl (C=O) groups is 1. The molecule has 7 heteroatoms. The number of nitrogens with one attached hydrogen (secondary N) is 2. The van der Waals surface area contributed by atoms with Gasteiger partial charge in [-0.1, -0.05) is 6.07 Å². The fraction of sp³-hybridized carbons (Fsp3) is 0.263. The summed E-state index contributed by atoms with van der Waals surface area (Å²) in [5.41, 5.74) is 1.42. The van der Waals surface area contributed by atoms with E-state index in [1.165, 1.54) is 0 Å². The molecule has 1 aliphatic rings. The zero-order valence-electron chi connectivity index (χ0n) is 14.2. The quantitative estimate of drug-likeness (QED) is 0.740. The molecular weight excluding hydrogens is 328 g/mol. The van der Waals surface area contributed by atoms with E-state index < -0.39 is 0 Å². The number of rotatable bonds is 5. The van der Waals surface area contributed by atoms with Gasteiger partial charge in [0.1, 0.15) is 5.82 Å². The topological polar surface area (TPSA) is 84.7 Å². The third-order valence-electron chi connectivity index (χ3n) is 4.66. The van der Waals surface area contributed by atoms with Crippen LogP contribution in [0.4, 0.5) is 11.5 Å². The molecule has 0 radical (unpaired) electrons. The Morgan fingerprint density at radius 3 is 2.92 bits per heavy atom. The maximum absolute atomic E-state index is 12.7. The summed E-state index contributed by atoms with van der Waals surface area (Å²) in [6.45, 7) is 0. The van der Waals surface area contributed by atoms with Gasteiger partial charge in [0, 0.05) is 42.1 Å². The van der Waals surface area contributed by atoms with Crippen molar-refractivity contribution < 1.29 is 4.79 Å². The molecule has 2 aromatic heterocycles. The van der Waals surface area contributed by atoms with Gasteiger partial charge in [0.25, 0.3) is 5.91 Å². The lowest BCUT2D eigenvalue weighted by Gasteiger charge is -2.22. The maximum Gasteiger partial charge on any atom is 0.251 e. The first-order chi connectivity index (χ1) is 12.8. The van der Waals surface area contributed by atoms with Gasteiger partial charge in [-0.3, -0.25) is 9.78 Å². The molecule has 0 spiro atoms. The molecule has 0 aliphatic heterocycles. The molecule has 4 rings (SSSR count). The Labute approximate surface area is 151 Å². The molecule has 2 heterocycles. The van der Waals surface area contributed by atoms with Crippen molar-refractivity contribution in [3.05, 3.63) is 67.1 Å². The van der Waals surface area contributed by atoms with E-state index in [1.807, 2.05) is 36.8 Å². The van der Waals surface area contributed by atoms with E-state index in [2.05, 4.69) is 30.2 Å². The first-order valence-corrected chi connectivity index (χ1v) is 8.71. The summed E-state index contributed by atoms with van der Waals surface area (Å²) in [4.78, 5) is 25.1. The number of benzene rings is 1. The zero-order chi connectivity index (χ0) is 17.8. The molecule has 0 bridgehead atoms. The van der Waals surface area contributed by atoms with Crippen molar-refractivity contribution in [1.29, 1.82) is 0 Å². The second kappa shape index (κ2) is 7.35. The summed E-state index contributed by atoms with van der Waals surface area (Å²) < 4.78 is 2.09. The summed E-state index contributed by atoms with van der Waals surface area (Å²) in [5.74, 6) is 0.575. The Morgan fingerprint density at radius 1 is 1.15 bits per heavy atom. The van der Waals surface area contributed by atoms with Gasteiger partial charge in [0.05, 0.1) is 18.6 Å². The Hall–Kier alpha value is -3.22. The van der Waals surface area contributed by atoms with Gasteiger partial charge in [-0.2, -0.15) is 0 Å². The molecule has 7 nitrogen and oxygen atoms in total. The Morgan fingerprint density at radius 2 is 2.12 bits per heavy atom. The van der Waals surface area contributed by atoms with Crippen LogP contribution < -0.4 is 10.6 Å². The fourth-order valence-corrected chi connectivity index (χ4v) is 3.43. The van der Waals surface area contributed by atoms with Crippen molar-refractivity contribution >= 4 is 17.4 Å². The third kappa shape index (κ3) is 3.56. The molecule has 0 unspecified atom stereocenters. The standard InChI is InChI=1S/C19H20N6O/c26-19(24-16-5-2-6-17(16)25-10-9-21-13-25)14-3-1-4-15(11-14)23-18-12-20-7-8-22-18/h1,3-4,7-13,16-17H,2,5-6H2,(H,22,23)(H,24,26)/t16-,17-/m1/s1. The predicted molar refractivity (Wildman–Crippen MR) is 98.1 cm³/mol. The van der Waals surface area contributed by atoms with Crippen LogP contribution in [0.1, 0.15) is 35.7 Å². The van der Waals surface area contributed by atoms with E-state index in [9.17, 15) is 4.79 Å². The van der Waals surface area contributed by atoms with Crippen molar-refractivity contribution in [2.45, 2.75) is 31.3 Å². The summed E-state index contributed by atoms with van der Waals surface area (Å²) >= 11 is 0. The van der Waals surface area contributed by atoms with Gasteiger partial charge in [0.2, 0.25) is 0 Å². The SMILES string of the molecule is O=C(N[C@@H]1CCC[C@H]1n1ccnc1)c1cccc(Nc2cnccn2)c1. The van der Waals surface area contributed by atoms with Crippen LogP contribution in [0.3, 0.4) is 0 Å². The molecule has 26 heavy (non-hydrogen) atoms. The third-order valence-corrected chi connectivity index (χ3v) is 4.66. The van der Waals surface area contributed by atoms with E-state index in [0.717, 1.165) is 24.9 Å². The zero-order valence-corrected chi connectivity index (χ0v) is 14.2. The van der Waals surface area contributed by atoms with Crippen LogP contribution >= 0.6 is 0 Å². The van der Waals surface area contributed by atoms with Crippen molar-refractivity contribution in [1.82, 2.24) is 24.8 Å². The first kappa shape index (κ1) is 16.3. The number of carbonyl (C=O) groups excluding carboxylic acids is 1. The monoisotopic (exact) mass is 348 g/mol. The normalized spacial score (nSPS) is 19.2. The van der Waals surface area contributed by atoms with Crippen LogP contribution in [0, 0.1) is 0 Å². The summed E-state index contributed by atoms with van der Waals surface area (Å²) in [6.07, 6.45) is 13.6. The minimum absolute atomic E-state index is 0.0650. The van der Waals surface area contributed by atoms with E-state index in [4.69, 9.17) is 0 Å². The highest BCUT2D eigenvalue weighted by molar-refractivity contribution is 5.95.